The molecule has 3 heteroatoms. The fourth-order valence-electron chi connectivity index (χ4n) is 0.677. The van der Waals surface area contributed by atoms with Crippen molar-refractivity contribution < 1.29 is 4.74 Å². The Morgan fingerprint density at radius 2 is 2.36 bits per heavy atom. The van der Waals surface area contributed by atoms with Crippen LogP contribution in [-0.2, 0) is 0 Å². The van der Waals surface area contributed by atoms with Crippen molar-refractivity contribution in [3.63, 3.8) is 0 Å². The zero-order valence-electron chi connectivity index (χ0n) is 6.38. The van der Waals surface area contributed by atoms with Gasteiger partial charge in [0, 0.05) is 6.07 Å². The summed E-state index contributed by atoms with van der Waals surface area (Å²) in [5.74, 6) is 0.721. The van der Waals surface area contributed by atoms with Gasteiger partial charge in [0.2, 0.25) is 5.88 Å². The van der Waals surface area contributed by atoms with E-state index in [-0.39, 0.29) is 0 Å². The molecule has 2 nitrogen and oxygen atoms in total. The summed E-state index contributed by atoms with van der Waals surface area (Å²) in [6, 6.07) is 5.76. The monoisotopic (exact) mass is 263 g/mol. The van der Waals surface area contributed by atoms with E-state index in [1.807, 2.05) is 18.2 Å². The second-order valence-electron chi connectivity index (χ2n) is 2.15. The number of halogens is 1. The molecule has 1 aromatic heterocycles. The van der Waals surface area contributed by atoms with Gasteiger partial charge in [0.15, 0.2) is 0 Å². The minimum Gasteiger partial charge on any atom is -0.478 e. The van der Waals surface area contributed by atoms with Crippen LogP contribution in [0.1, 0.15) is 13.3 Å². The van der Waals surface area contributed by atoms with Crippen molar-refractivity contribution in [1.82, 2.24) is 4.98 Å². The van der Waals surface area contributed by atoms with Gasteiger partial charge in [-0.25, -0.2) is 4.98 Å². The summed E-state index contributed by atoms with van der Waals surface area (Å²) >= 11 is 2.17. The normalized spacial score (nSPS) is 9.64. The molecule has 0 fully saturated rings. The largest absolute Gasteiger partial charge is 0.478 e. The zero-order chi connectivity index (χ0) is 8.10. The first-order chi connectivity index (χ1) is 5.33. The van der Waals surface area contributed by atoms with Crippen LogP contribution in [0.2, 0.25) is 0 Å². The highest BCUT2D eigenvalue weighted by molar-refractivity contribution is 14.1. The molecular formula is C8H10INO. The number of pyridine rings is 1. The van der Waals surface area contributed by atoms with Gasteiger partial charge in [-0.05, 0) is 35.1 Å². The summed E-state index contributed by atoms with van der Waals surface area (Å²) in [6.45, 7) is 2.82. The Balaban J connectivity index is 2.56. The van der Waals surface area contributed by atoms with Crippen LogP contribution in [-0.4, -0.2) is 11.6 Å². The molecule has 0 aliphatic carbocycles. The van der Waals surface area contributed by atoms with Crippen LogP contribution < -0.4 is 4.74 Å². The number of aromatic nitrogens is 1. The average Bonchev–Trinajstić information content (AvgIpc) is 2.01. The van der Waals surface area contributed by atoms with Crippen LogP contribution in [0.5, 0.6) is 5.88 Å². The van der Waals surface area contributed by atoms with Gasteiger partial charge in [0.25, 0.3) is 0 Å². The molecule has 60 valence electrons. The van der Waals surface area contributed by atoms with E-state index in [9.17, 15) is 0 Å². The lowest BCUT2D eigenvalue weighted by molar-refractivity contribution is 0.304. The van der Waals surface area contributed by atoms with E-state index in [0.29, 0.717) is 0 Å². The van der Waals surface area contributed by atoms with E-state index >= 15 is 0 Å². The van der Waals surface area contributed by atoms with Crippen LogP contribution >= 0.6 is 22.6 Å². The molecule has 0 spiro atoms. The van der Waals surface area contributed by atoms with E-state index in [4.69, 9.17) is 4.74 Å². The molecular weight excluding hydrogens is 253 g/mol. The first-order valence-corrected chi connectivity index (χ1v) is 4.66. The number of nitrogens with zero attached hydrogens (tertiary/aromatic N) is 1. The highest BCUT2D eigenvalue weighted by atomic mass is 127. The van der Waals surface area contributed by atoms with Crippen LogP contribution in [0.4, 0.5) is 0 Å². The van der Waals surface area contributed by atoms with Gasteiger partial charge in [-0.1, -0.05) is 13.0 Å². The molecule has 0 aromatic carbocycles. The molecule has 0 amide bonds. The zero-order valence-corrected chi connectivity index (χ0v) is 8.54. The number of ether oxygens (including phenoxy) is 1. The summed E-state index contributed by atoms with van der Waals surface area (Å²) in [5.41, 5.74) is 0. The third-order valence-corrected chi connectivity index (χ3v) is 1.74. The van der Waals surface area contributed by atoms with E-state index in [2.05, 4.69) is 34.5 Å². The van der Waals surface area contributed by atoms with Gasteiger partial charge in [-0.15, -0.1) is 0 Å². The molecule has 1 rings (SSSR count). The first kappa shape index (κ1) is 8.77. The van der Waals surface area contributed by atoms with Crippen molar-refractivity contribution in [3.05, 3.63) is 21.9 Å². The number of rotatable bonds is 3. The molecule has 1 heterocycles. The van der Waals surface area contributed by atoms with Gasteiger partial charge in [0.1, 0.15) is 3.70 Å². The molecule has 0 saturated heterocycles. The summed E-state index contributed by atoms with van der Waals surface area (Å²) < 4.78 is 6.29. The predicted octanol–water partition coefficient (Wildman–Crippen LogP) is 2.48. The molecule has 0 atom stereocenters. The van der Waals surface area contributed by atoms with E-state index in [1.54, 1.807) is 0 Å². The highest BCUT2D eigenvalue weighted by Gasteiger charge is 1.93. The maximum atomic E-state index is 5.32. The molecule has 0 aliphatic heterocycles. The molecule has 1 aromatic rings. The SMILES string of the molecule is CCCOc1cccc(I)n1. The van der Waals surface area contributed by atoms with Crippen molar-refractivity contribution in [2.24, 2.45) is 0 Å². The summed E-state index contributed by atoms with van der Waals surface area (Å²) in [6.07, 6.45) is 1.02. The van der Waals surface area contributed by atoms with Crippen LogP contribution in [0, 0.1) is 3.70 Å². The third-order valence-electron chi connectivity index (χ3n) is 1.14. The van der Waals surface area contributed by atoms with E-state index < -0.39 is 0 Å². The topological polar surface area (TPSA) is 22.1 Å². The van der Waals surface area contributed by atoms with Crippen molar-refractivity contribution >= 4 is 22.6 Å². The van der Waals surface area contributed by atoms with Crippen molar-refractivity contribution in [3.8, 4) is 5.88 Å². The number of hydrogen-bond donors (Lipinski definition) is 0. The average molecular weight is 263 g/mol. The Kier molecular flexibility index (Phi) is 3.62. The van der Waals surface area contributed by atoms with Gasteiger partial charge >= 0.3 is 0 Å². The highest BCUT2D eigenvalue weighted by Crippen LogP contribution is 2.08. The lowest BCUT2D eigenvalue weighted by Crippen LogP contribution is -1.97. The molecule has 0 bridgehead atoms. The van der Waals surface area contributed by atoms with E-state index in [1.165, 1.54) is 0 Å². The van der Waals surface area contributed by atoms with Gasteiger partial charge in [0.05, 0.1) is 6.61 Å². The quantitative estimate of drug-likeness (QED) is 0.617. The Labute approximate surface area is 80.1 Å². The molecule has 0 radical (unpaired) electrons. The second-order valence-corrected chi connectivity index (χ2v) is 3.25. The summed E-state index contributed by atoms with van der Waals surface area (Å²) in [5, 5.41) is 0. The predicted molar refractivity (Wildman–Crippen MR) is 52.7 cm³/mol. The molecule has 0 unspecified atom stereocenters. The maximum absolute atomic E-state index is 5.32. The van der Waals surface area contributed by atoms with Crippen molar-refractivity contribution in [1.29, 1.82) is 0 Å². The Morgan fingerprint density at radius 1 is 1.55 bits per heavy atom. The smallest absolute Gasteiger partial charge is 0.214 e. The lowest BCUT2D eigenvalue weighted by atomic mass is 10.5. The molecule has 0 aliphatic rings. The fraction of sp³-hybridized carbons (Fsp3) is 0.375. The Bertz CT molecular complexity index is 227. The van der Waals surface area contributed by atoms with Crippen LogP contribution in [0.25, 0.3) is 0 Å². The first-order valence-electron chi connectivity index (χ1n) is 3.58. The van der Waals surface area contributed by atoms with Gasteiger partial charge < -0.3 is 4.74 Å². The summed E-state index contributed by atoms with van der Waals surface area (Å²) in [7, 11) is 0. The second kappa shape index (κ2) is 4.54. The molecule has 11 heavy (non-hydrogen) atoms. The molecule has 0 N–H and O–H groups in total. The van der Waals surface area contributed by atoms with Gasteiger partial charge in [-0.2, -0.15) is 0 Å². The fourth-order valence-corrected chi connectivity index (χ4v) is 1.12. The minimum absolute atomic E-state index is 0.721. The Morgan fingerprint density at radius 3 is 3.00 bits per heavy atom. The maximum Gasteiger partial charge on any atom is 0.214 e. The van der Waals surface area contributed by atoms with Crippen molar-refractivity contribution in [2.45, 2.75) is 13.3 Å². The third kappa shape index (κ3) is 3.05. The van der Waals surface area contributed by atoms with Gasteiger partial charge in [-0.3, -0.25) is 0 Å². The standard InChI is InChI=1S/C8H10INO/c1-2-6-11-8-5-3-4-7(9)10-8/h3-5H,2,6H2,1H3. The number of hydrogen-bond acceptors (Lipinski definition) is 2. The van der Waals surface area contributed by atoms with Crippen LogP contribution in [0.3, 0.4) is 0 Å². The van der Waals surface area contributed by atoms with E-state index in [0.717, 1.165) is 22.6 Å². The van der Waals surface area contributed by atoms with Crippen molar-refractivity contribution in [2.75, 3.05) is 6.61 Å². The lowest BCUT2D eigenvalue weighted by Gasteiger charge is -2.01. The Hall–Kier alpha value is -0.320. The molecule has 0 saturated carbocycles. The summed E-state index contributed by atoms with van der Waals surface area (Å²) in [4.78, 5) is 4.18. The minimum atomic E-state index is 0.721. The van der Waals surface area contributed by atoms with Crippen LogP contribution in [0.15, 0.2) is 18.2 Å².